The lowest BCUT2D eigenvalue weighted by molar-refractivity contribution is 0.671. The summed E-state index contributed by atoms with van der Waals surface area (Å²) in [6.45, 7) is 8.36. The third-order valence-electron chi connectivity index (χ3n) is 6.13. The Hall–Kier alpha value is -2.64. The third-order valence-corrected chi connectivity index (χ3v) is 6.62. The molecule has 0 fully saturated rings. The van der Waals surface area contributed by atoms with Crippen molar-refractivity contribution in [1.82, 2.24) is 0 Å². The molecule has 1 aliphatic rings. The maximum atomic E-state index is 3.94. The number of rotatable bonds is 5. The molecule has 3 aromatic rings. The first-order chi connectivity index (χ1) is 14.6. The summed E-state index contributed by atoms with van der Waals surface area (Å²) in [5.74, 6) is 0. The van der Waals surface area contributed by atoms with Crippen molar-refractivity contribution < 1.29 is 0 Å². The number of allylic oxidation sites excluding steroid dienone is 4. The average molecular weight is 455 g/mol. The molecule has 1 heteroatoms. The lowest BCUT2D eigenvalue weighted by atomic mass is 9.62. The van der Waals surface area contributed by atoms with Crippen molar-refractivity contribution in [2.75, 3.05) is 0 Å². The first-order valence-corrected chi connectivity index (χ1v) is 11.3. The number of halogens is 1. The fourth-order valence-corrected chi connectivity index (χ4v) is 5.07. The van der Waals surface area contributed by atoms with Gasteiger partial charge in [0.1, 0.15) is 0 Å². The van der Waals surface area contributed by atoms with Crippen LogP contribution in [0.3, 0.4) is 0 Å². The Labute approximate surface area is 188 Å². The molecule has 0 N–H and O–H groups in total. The van der Waals surface area contributed by atoms with E-state index in [-0.39, 0.29) is 5.41 Å². The summed E-state index contributed by atoms with van der Waals surface area (Å²) >= 11 is 3.73. The topological polar surface area (TPSA) is 0 Å². The van der Waals surface area contributed by atoms with Crippen molar-refractivity contribution in [3.63, 3.8) is 0 Å². The van der Waals surface area contributed by atoms with Gasteiger partial charge in [-0.25, -0.2) is 0 Å². The molecule has 1 aliphatic carbocycles. The second-order valence-electron chi connectivity index (χ2n) is 8.06. The van der Waals surface area contributed by atoms with Crippen molar-refractivity contribution in [2.45, 2.75) is 32.1 Å². The van der Waals surface area contributed by atoms with E-state index in [1.807, 2.05) is 6.08 Å². The molecule has 0 bridgehead atoms. The van der Waals surface area contributed by atoms with E-state index in [2.05, 4.69) is 121 Å². The summed E-state index contributed by atoms with van der Waals surface area (Å²) < 4.78 is 1.10. The van der Waals surface area contributed by atoms with Crippen LogP contribution in [-0.2, 0) is 5.41 Å². The summed E-state index contributed by atoms with van der Waals surface area (Å²) in [7, 11) is 0. The second-order valence-corrected chi connectivity index (χ2v) is 8.98. The molecule has 0 saturated carbocycles. The summed E-state index contributed by atoms with van der Waals surface area (Å²) in [5.41, 5.74) is 8.76. The van der Waals surface area contributed by atoms with Crippen LogP contribution < -0.4 is 0 Å². The van der Waals surface area contributed by atoms with Crippen LogP contribution in [0.25, 0.3) is 6.08 Å². The lowest BCUT2D eigenvalue weighted by Crippen LogP contribution is -2.33. The number of aryl methyl sites for hydroxylation is 2. The van der Waals surface area contributed by atoms with E-state index in [1.54, 1.807) is 0 Å². The van der Waals surface area contributed by atoms with E-state index in [0.717, 1.165) is 22.9 Å². The standard InChI is InChI=1S/C29H27Br/c1-4-23-15-17-25(18-16-23)29(24-9-6-5-7-10-24,26-11-8-12-27(30)20-26)28-19-21(2)13-14-22(28)3/h4-6,8-9,11-20H,1,7,10H2,2-3H3. The Morgan fingerprint density at radius 1 is 0.933 bits per heavy atom. The monoisotopic (exact) mass is 454 g/mol. The fraction of sp³-hybridized carbons (Fsp3) is 0.172. The van der Waals surface area contributed by atoms with Gasteiger partial charge in [0.25, 0.3) is 0 Å². The van der Waals surface area contributed by atoms with Crippen LogP contribution in [0.4, 0.5) is 0 Å². The maximum absolute atomic E-state index is 3.94. The zero-order valence-electron chi connectivity index (χ0n) is 17.7. The molecule has 150 valence electrons. The SMILES string of the molecule is C=Cc1ccc(C(C2=CC=CCC2)(c2cccc(Br)c2)c2cc(C)ccc2C)cc1. The summed E-state index contributed by atoms with van der Waals surface area (Å²) in [6, 6.07) is 24.6. The molecule has 0 spiro atoms. The predicted octanol–water partition coefficient (Wildman–Crippen LogP) is 8.32. The van der Waals surface area contributed by atoms with E-state index < -0.39 is 0 Å². The molecule has 0 amide bonds. The van der Waals surface area contributed by atoms with Crippen LogP contribution in [-0.4, -0.2) is 0 Å². The average Bonchev–Trinajstić information content (AvgIpc) is 2.78. The van der Waals surface area contributed by atoms with E-state index in [0.29, 0.717) is 0 Å². The highest BCUT2D eigenvalue weighted by Crippen LogP contribution is 2.49. The summed E-state index contributed by atoms with van der Waals surface area (Å²) in [5, 5.41) is 0. The Bertz CT molecular complexity index is 1130. The van der Waals surface area contributed by atoms with Gasteiger partial charge in [-0.1, -0.05) is 113 Å². The molecule has 4 rings (SSSR count). The number of hydrogen-bond acceptors (Lipinski definition) is 0. The van der Waals surface area contributed by atoms with Crippen LogP contribution in [0.15, 0.2) is 102 Å². The fourth-order valence-electron chi connectivity index (χ4n) is 4.67. The Kier molecular flexibility index (Phi) is 5.92. The largest absolute Gasteiger partial charge is 0.0985 e. The van der Waals surface area contributed by atoms with Crippen LogP contribution in [0, 0.1) is 13.8 Å². The molecule has 0 saturated heterocycles. The van der Waals surface area contributed by atoms with Gasteiger partial charge in [-0.2, -0.15) is 0 Å². The van der Waals surface area contributed by atoms with Gasteiger partial charge in [-0.05, 0) is 66.6 Å². The second kappa shape index (κ2) is 8.62. The Morgan fingerprint density at radius 3 is 2.40 bits per heavy atom. The highest BCUT2D eigenvalue weighted by molar-refractivity contribution is 9.10. The Morgan fingerprint density at radius 2 is 1.73 bits per heavy atom. The van der Waals surface area contributed by atoms with Crippen molar-refractivity contribution in [1.29, 1.82) is 0 Å². The molecule has 0 radical (unpaired) electrons. The third kappa shape index (κ3) is 3.63. The van der Waals surface area contributed by atoms with Gasteiger partial charge >= 0.3 is 0 Å². The maximum Gasteiger partial charge on any atom is 0.0667 e. The first kappa shape index (κ1) is 20.6. The van der Waals surface area contributed by atoms with E-state index in [4.69, 9.17) is 0 Å². The normalized spacial score (nSPS) is 15.4. The molecule has 0 aliphatic heterocycles. The van der Waals surface area contributed by atoms with Crippen molar-refractivity contribution >= 4 is 22.0 Å². The molecular formula is C29H27Br. The van der Waals surface area contributed by atoms with Gasteiger partial charge in [-0.3, -0.25) is 0 Å². The van der Waals surface area contributed by atoms with E-state index in [9.17, 15) is 0 Å². The van der Waals surface area contributed by atoms with Gasteiger partial charge in [-0.15, -0.1) is 0 Å². The quantitative estimate of drug-likeness (QED) is 0.339. The zero-order valence-corrected chi connectivity index (χ0v) is 19.2. The minimum atomic E-state index is -0.343. The highest BCUT2D eigenvalue weighted by atomic mass is 79.9. The van der Waals surface area contributed by atoms with E-state index >= 15 is 0 Å². The zero-order chi connectivity index (χ0) is 21.1. The van der Waals surface area contributed by atoms with Crippen LogP contribution in [0.5, 0.6) is 0 Å². The predicted molar refractivity (Wildman–Crippen MR) is 133 cm³/mol. The smallest absolute Gasteiger partial charge is 0.0667 e. The van der Waals surface area contributed by atoms with Gasteiger partial charge in [0.2, 0.25) is 0 Å². The Balaban J connectivity index is 2.14. The van der Waals surface area contributed by atoms with Crippen molar-refractivity contribution in [3.05, 3.63) is 135 Å². The van der Waals surface area contributed by atoms with Crippen molar-refractivity contribution in [2.24, 2.45) is 0 Å². The van der Waals surface area contributed by atoms with Gasteiger partial charge in [0.15, 0.2) is 0 Å². The van der Waals surface area contributed by atoms with Crippen LogP contribution in [0.2, 0.25) is 0 Å². The number of benzene rings is 3. The molecule has 3 aromatic carbocycles. The summed E-state index contributed by atoms with van der Waals surface area (Å²) in [6.07, 6.45) is 10.8. The molecule has 0 heterocycles. The number of hydrogen-bond donors (Lipinski definition) is 0. The van der Waals surface area contributed by atoms with Crippen LogP contribution in [0.1, 0.15) is 46.2 Å². The molecule has 1 unspecified atom stereocenters. The van der Waals surface area contributed by atoms with Gasteiger partial charge < -0.3 is 0 Å². The molecule has 1 atom stereocenters. The van der Waals surface area contributed by atoms with Crippen LogP contribution >= 0.6 is 15.9 Å². The molecule has 0 nitrogen and oxygen atoms in total. The minimum absolute atomic E-state index is 0.343. The van der Waals surface area contributed by atoms with Crippen molar-refractivity contribution in [3.8, 4) is 0 Å². The first-order valence-electron chi connectivity index (χ1n) is 10.5. The minimum Gasteiger partial charge on any atom is -0.0985 e. The molecular weight excluding hydrogens is 428 g/mol. The van der Waals surface area contributed by atoms with Gasteiger partial charge in [0, 0.05) is 4.47 Å². The lowest BCUT2D eigenvalue weighted by Gasteiger charge is -2.40. The van der Waals surface area contributed by atoms with Gasteiger partial charge in [0.05, 0.1) is 5.41 Å². The highest BCUT2D eigenvalue weighted by Gasteiger charge is 2.41. The molecule has 0 aromatic heterocycles. The molecule has 30 heavy (non-hydrogen) atoms. The summed E-state index contributed by atoms with van der Waals surface area (Å²) in [4.78, 5) is 0. The van der Waals surface area contributed by atoms with E-state index in [1.165, 1.54) is 33.4 Å².